The Morgan fingerprint density at radius 3 is 2.62 bits per heavy atom. The number of likely N-dealkylation sites (N-methyl/N-ethyl adjacent to an activating group) is 1. The van der Waals surface area contributed by atoms with Gasteiger partial charge in [0.2, 0.25) is 0 Å². The molecular weight excluding hydrogens is 266 g/mol. The highest BCUT2D eigenvalue weighted by molar-refractivity contribution is 5.78. The van der Waals surface area contributed by atoms with E-state index in [1.807, 2.05) is 30.3 Å². The van der Waals surface area contributed by atoms with E-state index in [4.69, 9.17) is 9.47 Å². The van der Waals surface area contributed by atoms with Crippen LogP contribution in [0.3, 0.4) is 0 Å². The molecule has 0 N–H and O–H groups in total. The monoisotopic (exact) mass is 291 g/mol. The number of methoxy groups -OCH3 is 1. The second-order valence-corrected chi connectivity index (χ2v) is 5.76. The Morgan fingerprint density at radius 1 is 1.33 bits per heavy atom. The molecule has 0 bridgehead atoms. The Hall–Kier alpha value is -1.39. The lowest BCUT2D eigenvalue weighted by Crippen LogP contribution is -2.34. The van der Waals surface area contributed by atoms with Crippen LogP contribution in [0.2, 0.25) is 0 Å². The van der Waals surface area contributed by atoms with Gasteiger partial charge in [-0.25, -0.2) is 0 Å². The molecule has 1 aliphatic rings. The molecule has 0 spiro atoms. The number of nitrogens with zero attached hydrogens (tertiary/aromatic N) is 1. The Bertz CT molecular complexity index is 429. The number of hydrogen-bond acceptors (Lipinski definition) is 4. The zero-order valence-electron chi connectivity index (χ0n) is 13.0. The number of carbonyl (C=O) groups excluding carboxylic acids is 1. The molecule has 2 rings (SSSR count). The van der Waals surface area contributed by atoms with Crippen molar-refractivity contribution in [3.05, 3.63) is 35.9 Å². The average molecular weight is 291 g/mol. The fourth-order valence-electron chi connectivity index (χ4n) is 2.90. The van der Waals surface area contributed by atoms with Crippen molar-refractivity contribution in [2.75, 3.05) is 40.5 Å². The van der Waals surface area contributed by atoms with Gasteiger partial charge in [-0.1, -0.05) is 30.3 Å². The lowest BCUT2D eigenvalue weighted by atomic mass is 9.96. The molecule has 1 heterocycles. The molecule has 1 atom stereocenters. The second kappa shape index (κ2) is 8.15. The van der Waals surface area contributed by atoms with Crippen molar-refractivity contribution in [1.82, 2.24) is 4.90 Å². The number of esters is 1. The zero-order chi connectivity index (χ0) is 15.1. The average Bonchev–Trinajstić information content (AvgIpc) is 2.53. The number of ether oxygens (including phenoxy) is 2. The first-order valence-corrected chi connectivity index (χ1v) is 7.59. The molecule has 1 aliphatic heterocycles. The van der Waals surface area contributed by atoms with E-state index in [1.54, 1.807) is 0 Å². The van der Waals surface area contributed by atoms with Crippen LogP contribution in [0.15, 0.2) is 30.3 Å². The van der Waals surface area contributed by atoms with Gasteiger partial charge in [0.05, 0.1) is 13.0 Å². The minimum absolute atomic E-state index is 0.167. The van der Waals surface area contributed by atoms with Gasteiger partial charge in [0.25, 0.3) is 0 Å². The molecule has 1 saturated heterocycles. The molecule has 21 heavy (non-hydrogen) atoms. The van der Waals surface area contributed by atoms with Crippen LogP contribution >= 0.6 is 0 Å². The number of benzene rings is 1. The summed E-state index contributed by atoms with van der Waals surface area (Å²) in [6.45, 7) is 3.41. The molecular formula is C17H25NO3. The smallest absolute Gasteiger partial charge is 0.314 e. The van der Waals surface area contributed by atoms with Crippen LogP contribution in [-0.4, -0.2) is 51.3 Å². The Balaban J connectivity index is 1.96. The molecule has 4 heteroatoms. The van der Waals surface area contributed by atoms with Crippen molar-refractivity contribution in [2.45, 2.75) is 18.8 Å². The molecule has 116 valence electrons. The molecule has 1 aromatic carbocycles. The minimum Gasteiger partial charge on any atom is -0.469 e. The third-order valence-corrected chi connectivity index (χ3v) is 4.09. The molecule has 0 saturated carbocycles. The van der Waals surface area contributed by atoms with Crippen LogP contribution < -0.4 is 0 Å². The molecule has 0 aromatic heterocycles. The molecule has 0 amide bonds. The van der Waals surface area contributed by atoms with Gasteiger partial charge in [0, 0.05) is 26.3 Å². The number of carbonyl (C=O) groups is 1. The van der Waals surface area contributed by atoms with E-state index in [0.29, 0.717) is 12.5 Å². The highest BCUT2D eigenvalue weighted by Crippen LogP contribution is 2.21. The fourth-order valence-corrected chi connectivity index (χ4v) is 2.90. The van der Waals surface area contributed by atoms with Gasteiger partial charge in [-0.05, 0) is 31.4 Å². The van der Waals surface area contributed by atoms with Gasteiger partial charge in [0.15, 0.2) is 0 Å². The molecule has 0 radical (unpaired) electrons. The largest absolute Gasteiger partial charge is 0.469 e. The van der Waals surface area contributed by atoms with Crippen LogP contribution in [0.25, 0.3) is 0 Å². The summed E-state index contributed by atoms with van der Waals surface area (Å²) >= 11 is 0. The van der Waals surface area contributed by atoms with Crippen molar-refractivity contribution in [3.63, 3.8) is 0 Å². The molecule has 1 unspecified atom stereocenters. The normalized spacial score (nSPS) is 17.7. The summed E-state index contributed by atoms with van der Waals surface area (Å²) in [4.78, 5) is 14.3. The lowest BCUT2D eigenvalue weighted by molar-refractivity contribution is -0.142. The van der Waals surface area contributed by atoms with Gasteiger partial charge in [-0.2, -0.15) is 0 Å². The van der Waals surface area contributed by atoms with Crippen molar-refractivity contribution in [2.24, 2.45) is 5.92 Å². The SMILES string of the molecule is COC(=O)C(CN(C)CC1CCOCC1)c1ccccc1. The van der Waals surface area contributed by atoms with E-state index in [1.165, 1.54) is 7.11 Å². The van der Waals surface area contributed by atoms with Crippen LogP contribution in [-0.2, 0) is 14.3 Å². The van der Waals surface area contributed by atoms with Crippen LogP contribution in [0.4, 0.5) is 0 Å². The molecule has 1 aromatic rings. The van der Waals surface area contributed by atoms with Gasteiger partial charge in [-0.3, -0.25) is 4.79 Å². The summed E-state index contributed by atoms with van der Waals surface area (Å²) < 4.78 is 10.4. The summed E-state index contributed by atoms with van der Waals surface area (Å²) in [6, 6.07) is 9.87. The summed E-state index contributed by atoms with van der Waals surface area (Å²) in [5.74, 6) is 0.277. The van der Waals surface area contributed by atoms with Gasteiger partial charge < -0.3 is 14.4 Å². The predicted octanol–water partition coefficient (Wildman–Crippen LogP) is 2.30. The van der Waals surface area contributed by atoms with Gasteiger partial charge in [0.1, 0.15) is 0 Å². The topological polar surface area (TPSA) is 38.8 Å². The molecule has 4 nitrogen and oxygen atoms in total. The van der Waals surface area contributed by atoms with E-state index in [0.717, 1.165) is 38.2 Å². The zero-order valence-corrected chi connectivity index (χ0v) is 13.0. The quantitative estimate of drug-likeness (QED) is 0.754. The second-order valence-electron chi connectivity index (χ2n) is 5.76. The van der Waals surface area contributed by atoms with E-state index in [-0.39, 0.29) is 11.9 Å². The highest BCUT2D eigenvalue weighted by atomic mass is 16.5. The maximum Gasteiger partial charge on any atom is 0.314 e. The highest BCUT2D eigenvalue weighted by Gasteiger charge is 2.24. The van der Waals surface area contributed by atoms with Crippen LogP contribution in [0.5, 0.6) is 0 Å². The van der Waals surface area contributed by atoms with Crippen molar-refractivity contribution in [3.8, 4) is 0 Å². The van der Waals surface area contributed by atoms with Crippen molar-refractivity contribution >= 4 is 5.97 Å². The van der Waals surface area contributed by atoms with E-state index >= 15 is 0 Å². The summed E-state index contributed by atoms with van der Waals surface area (Å²) in [5, 5.41) is 0. The van der Waals surface area contributed by atoms with Gasteiger partial charge in [-0.15, -0.1) is 0 Å². The van der Waals surface area contributed by atoms with E-state index in [9.17, 15) is 4.79 Å². The summed E-state index contributed by atoms with van der Waals surface area (Å²) in [7, 11) is 3.53. The third kappa shape index (κ3) is 4.83. The summed E-state index contributed by atoms with van der Waals surface area (Å²) in [5.41, 5.74) is 1.02. The number of hydrogen-bond donors (Lipinski definition) is 0. The van der Waals surface area contributed by atoms with E-state index in [2.05, 4.69) is 11.9 Å². The Labute approximate surface area is 127 Å². The van der Waals surface area contributed by atoms with Crippen molar-refractivity contribution in [1.29, 1.82) is 0 Å². The number of rotatable bonds is 6. The maximum atomic E-state index is 12.1. The first-order valence-electron chi connectivity index (χ1n) is 7.59. The fraction of sp³-hybridized carbons (Fsp3) is 0.588. The summed E-state index contributed by atoms with van der Waals surface area (Å²) in [6.07, 6.45) is 2.22. The van der Waals surface area contributed by atoms with Gasteiger partial charge >= 0.3 is 5.97 Å². The lowest BCUT2D eigenvalue weighted by Gasteiger charge is -2.29. The van der Waals surface area contributed by atoms with Crippen LogP contribution in [0, 0.1) is 5.92 Å². The predicted molar refractivity (Wildman–Crippen MR) is 82.2 cm³/mol. The van der Waals surface area contributed by atoms with Crippen LogP contribution in [0.1, 0.15) is 24.3 Å². The van der Waals surface area contributed by atoms with Crippen molar-refractivity contribution < 1.29 is 14.3 Å². The first kappa shape index (κ1) is 16.0. The molecule has 0 aliphatic carbocycles. The van der Waals surface area contributed by atoms with E-state index < -0.39 is 0 Å². The standard InChI is InChI=1S/C17H25NO3/c1-18(12-14-8-10-21-11-9-14)13-16(17(19)20-2)15-6-4-3-5-7-15/h3-7,14,16H,8-13H2,1-2H3. The Morgan fingerprint density at radius 2 is 2.00 bits per heavy atom. The maximum absolute atomic E-state index is 12.1. The third-order valence-electron chi connectivity index (χ3n) is 4.09. The molecule has 1 fully saturated rings. The Kier molecular flexibility index (Phi) is 6.21. The minimum atomic E-state index is -0.221. The first-order chi connectivity index (χ1) is 10.2.